The van der Waals surface area contributed by atoms with Crippen molar-refractivity contribution in [3.8, 4) is 0 Å². The number of amides is 1. The predicted molar refractivity (Wildman–Crippen MR) is 113 cm³/mol. The number of aryl methyl sites for hydroxylation is 3. The maximum Gasteiger partial charge on any atom is 0.234 e. The van der Waals surface area contributed by atoms with Crippen molar-refractivity contribution in [2.24, 2.45) is 0 Å². The summed E-state index contributed by atoms with van der Waals surface area (Å²) >= 11 is 1.49. The van der Waals surface area contributed by atoms with Gasteiger partial charge in [0.05, 0.1) is 0 Å². The van der Waals surface area contributed by atoms with E-state index in [0.717, 1.165) is 41.6 Å². The molecule has 1 amide bonds. The van der Waals surface area contributed by atoms with Crippen LogP contribution in [0.1, 0.15) is 62.0 Å². The highest BCUT2D eigenvalue weighted by molar-refractivity contribution is 7.16. The third-order valence-corrected chi connectivity index (χ3v) is 5.75. The molecular weight excluding hydrogens is 370 g/mol. The van der Waals surface area contributed by atoms with E-state index in [1.54, 1.807) is 4.52 Å². The van der Waals surface area contributed by atoms with Crippen molar-refractivity contribution in [2.45, 2.75) is 65.2 Å². The van der Waals surface area contributed by atoms with Gasteiger partial charge in [0, 0.05) is 19.4 Å². The van der Waals surface area contributed by atoms with E-state index < -0.39 is 0 Å². The van der Waals surface area contributed by atoms with E-state index in [4.69, 9.17) is 0 Å². The summed E-state index contributed by atoms with van der Waals surface area (Å²) in [7, 11) is 0. The Bertz CT molecular complexity index is 921. The highest BCUT2D eigenvalue weighted by Gasteiger charge is 2.13. The van der Waals surface area contributed by atoms with Crippen molar-refractivity contribution in [3.63, 3.8) is 0 Å². The summed E-state index contributed by atoms with van der Waals surface area (Å²) in [5.74, 6) is 0.854. The molecule has 2 heterocycles. The van der Waals surface area contributed by atoms with Gasteiger partial charge in [-0.3, -0.25) is 4.79 Å². The molecule has 0 spiro atoms. The van der Waals surface area contributed by atoms with Gasteiger partial charge in [-0.2, -0.15) is 9.61 Å². The summed E-state index contributed by atoms with van der Waals surface area (Å²) in [5.41, 5.74) is 2.92. The number of unbranched alkanes of at least 4 members (excludes halogenated alkanes) is 1. The van der Waals surface area contributed by atoms with Gasteiger partial charge in [0.25, 0.3) is 0 Å². The molecule has 0 fully saturated rings. The van der Waals surface area contributed by atoms with Crippen LogP contribution in [0.2, 0.25) is 0 Å². The molecule has 3 aromatic rings. The molecule has 3 rings (SSSR count). The van der Waals surface area contributed by atoms with Crippen LogP contribution in [0.25, 0.3) is 4.96 Å². The maximum absolute atomic E-state index is 12.0. The summed E-state index contributed by atoms with van der Waals surface area (Å²) < 4.78 is 1.73. The molecule has 0 bridgehead atoms. The number of benzene rings is 1. The fraction of sp³-hybridized carbons (Fsp3) is 0.524. The van der Waals surface area contributed by atoms with Crippen LogP contribution >= 0.6 is 11.3 Å². The minimum Gasteiger partial charge on any atom is -0.356 e. The number of hydrogen-bond donors (Lipinski definition) is 1. The van der Waals surface area contributed by atoms with E-state index in [1.165, 1.54) is 22.5 Å². The summed E-state index contributed by atoms with van der Waals surface area (Å²) in [6, 6.07) is 8.90. The van der Waals surface area contributed by atoms with Gasteiger partial charge < -0.3 is 5.32 Å². The fourth-order valence-electron chi connectivity index (χ4n) is 3.02. The molecule has 0 aliphatic carbocycles. The molecule has 150 valence electrons. The molecule has 2 aromatic heterocycles. The van der Waals surface area contributed by atoms with Crippen LogP contribution in [0.5, 0.6) is 0 Å². The first-order valence-electron chi connectivity index (χ1n) is 9.87. The molecule has 28 heavy (non-hydrogen) atoms. The Kier molecular flexibility index (Phi) is 6.44. The molecule has 0 atom stereocenters. The standard InChI is InChI=1S/C21H29N5OS/c1-15-23-24-20-26(15)25-19(28-20)13-12-18(27)22-14-6-5-7-16-8-10-17(11-9-16)21(2,3)4/h8-11H,5-7,12-14H2,1-4H3,(H,22,27). The van der Waals surface area contributed by atoms with Crippen LogP contribution in [0.3, 0.4) is 0 Å². The van der Waals surface area contributed by atoms with E-state index >= 15 is 0 Å². The quantitative estimate of drug-likeness (QED) is 0.584. The van der Waals surface area contributed by atoms with Crippen molar-refractivity contribution in [3.05, 3.63) is 46.2 Å². The summed E-state index contributed by atoms with van der Waals surface area (Å²) in [4.78, 5) is 12.8. The summed E-state index contributed by atoms with van der Waals surface area (Å²) in [6.45, 7) is 9.29. The highest BCUT2D eigenvalue weighted by atomic mass is 32.1. The van der Waals surface area contributed by atoms with Crippen molar-refractivity contribution in [1.29, 1.82) is 0 Å². The average molecular weight is 400 g/mol. The zero-order valence-electron chi connectivity index (χ0n) is 17.2. The van der Waals surface area contributed by atoms with E-state index in [-0.39, 0.29) is 11.3 Å². The Labute approximate surface area is 170 Å². The van der Waals surface area contributed by atoms with E-state index in [9.17, 15) is 4.79 Å². The van der Waals surface area contributed by atoms with Crippen LogP contribution in [0.15, 0.2) is 24.3 Å². The topological polar surface area (TPSA) is 72.2 Å². The van der Waals surface area contributed by atoms with Gasteiger partial charge in [-0.25, -0.2) is 0 Å². The van der Waals surface area contributed by atoms with Crippen LogP contribution in [0, 0.1) is 6.92 Å². The Morgan fingerprint density at radius 2 is 1.86 bits per heavy atom. The first-order chi connectivity index (χ1) is 13.3. The van der Waals surface area contributed by atoms with Crippen LogP contribution in [-0.4, -0.2) is 32.3 Å². The average Bonchev–Trinajstić information content (AvgIpc) is 3.21. The van der Waals surface area contributed by atoms with Crippen LogP contribution in [0.4, 0.5) is 0 Å². The summed E-state index contributed by atoms with van der Waals surface area (Å²) in [6.07, 6.45) is 4.21. The third kappa shape index (κ3) is 5.38. The second-order valence-electron chi connectivity index (χ2n) is 8.19. The van der Waals surface area contributed by atoms with Gasteiger partial charge in [-0.05, 0) is 42.7 Å². The number of nitrogens with one attached hydrogen (secondary N) is 1. The zero-order valence-corrected chi connectivity index (χ0v) is 18.0. The Hall–Kier alpha value is -2.28. The molecule has 6 nitrogen and oxygen atoms in total. The van der Waals surface area contributed by atoms with Crippen molar-refractivity contribution in [1.82, 2.24) is 25.1 Å². The lowest BCUT2D eigenvalue weighted by atomic mass is 9.86. The maximum atomic E-state index is 12.0. The molecule has 0 radical (unpaired) electrons. The van der Waals surface area contributed by atoms with Gasteiger partial charge in [0.15, 0.2) is 5.82 Å². The second-order valence-corrected chi connectivity index (χ2v) is 9.23. The normalized spacial score (nSPS) is 11.9. The van der Waals surface area contributed by atoms with Gasteiger partial charge in [0.1, 0.15) is 5.01 Å². The number of rotatable bonds is 8. The lowest BCUT2D eigenvalue weighted by Gasteiger charge is -2.19. The Morgan fingerprint density at radius 3 is 2.54 bits per heavy atom. The largest absolute Gasteiger partial charge is 0.356 e. The molecule has 1 N–H and O–H groups in total. The lowest BCUT2D eigenvalue weighted by Crippen LogP contribution is -2.24. The first-order valence-corrected chi connectivity index (χ1v) is 10.7. The third-order valence-electron chi connectivity index (χ3n) is 4.79. The van der Waals surface area contributed by atoms with Crippen molar-refractivity contribution < 1.29 is 4.79 Å². The SMILES string of the molecule is Cc1nnc2sc(CCC(=O)NCCCCc3ccc(C(C)(C)C)cc3)nn12. The number of hydrogen-bond acceptors (Lipinski definition) is 5. The molecule has 7 heteroatoms. The van der Waals surface area contributed by atoms with Gasteiger partial charge in [-0.1, -0.05) is 56.4 Å². The number of carbonyl (C=O) groups is 1. The molecule has 0 aliphatic rings. The van der Waals surface area contributed by atoms with Gasteiger partial charge in [-0.15, -0.1) is 10.2 Å². The molecule has 0 unspecified atom stereocenters. The van der Waals surface area contributed by atoms with Crippen molar-refractivity contribution in [2.75, 3.05) is 6.54 Å². The first kappa shape index (κ1) is 20.5. The minimum atomic E-state index is 0.0808. The van der Waals surface area contributed by atoms with E-state index in [2.05, 4.69) is 65.6 Å². The van der Waals surface area contributed by atoms with E-state index in [1.807, 2.05) is 6.92 Å². The van der Waals surface area contributed by atoms with Gasteiger partial charge >= 0.3 is 0 Å². The zero-order chi connectivity index (χ0) is 20.1. The number of nitrogens with zero attached hydrogens (tertiary/aromatic N) is 4. The molecule has 0 saturated carbocycles. The lowest BCUT2D eigenvalue weighted by molar-refractivity contribution is -0.121. The van der Waals surface area contributed by atoms with Crippen LogP contribution in [-0.2, 0) is 23.1 Å². The predicted octanol–water partition coefficient (Wildman–Crippen LogP) is 3.86. The summed E-state index contributed by atoms with van der Waals surface area (Å²) in [5, 5.41) is 16.4. The van der Waals surface area contributed by atoms with Gasteiger partial charge in [0.2, 0.25) is 10.9 Å². The highest BCUT2D eigenvalue weighted by Crippen LogP contribution is 2.22. The number of fused-ring (bicyclic) bond motifs is 1. The fourth-order valence-corrected chi connectivity index (χ4v) is 3.90. The number of carbonyl (C=O) groups excluding carboxylic acids is 1. The second kappa shape index (κ2) is 8.82. The molecule has 0 aliphatic heterocycles. The monoisotopic (exact) mass is 399 g/mol. The molecule has 0 saturated heterocycles. The van der Waals surface area contributed by atoms with E-state index in [0.29, 0.717) is 12.8 Å². The molecular formula is C21H29N5OS. The molecule has 1 aromatic carbocycles. The van der Waals surface area contributed by atoms with Crippen LogP contribution < -0.4 is 5.32 Å². The Balaban J connectivity index is 1.32. The van der Waals surface area contributed by atoms with Crippen molar-refractivity contribution >= 4 is 22.2 Å². The number of aromatic nitrogens is 4. The Morgan fingerprint density at radius 1 is 1.11 bits per heavy atom. The smallest absolute Gasteiger partial charge is 0.234 e. The minimum absolute atomic E-state index is 0.0808.